The second-order valence-electron chi connectivity index (χ2n) is 30.1. The Morgan fingerprint density at radius 1 is 0.270 bits per heavy atom. The number of phosphoric ester groups is 2. The lowest BCUT2D eigenvalue weighted by atomic mass is 10.0. The van der Waals surface area contributed by atoms with Crippen molar-refractivity contribution in [3.05, 3.63) is 0 Å². The van der Waals surface area contributed by atoms with Gasteiger partial charge in [-0.1, -0.05) is 375 Å². The fourth-order valence-electron chi connectivity index (χ4n) is 12.5. The average Bonchev–Trinajstić information content (AvgIpc) is 0.941. The summed E-state index contributed by atoms with van der Waals surface area (Å²) >= 11 is 0. The van der Waals surface area contributed by atoms with E-state index in [0.29, 0.717) is 25.7 Å². The fourth-order valence-corrected chi connectivity index (χ4v) is 14.1. The first-order valence-corrected chi connectivity index (χ1v) is 45.0. The number of hydrogen-bond acceptors (Lipinski definition) is 15. The van der Waals surface area contributed by atoms with Crippen LogP contribution in [0, 0.1) is 11.8 Å². The van der Waals surface area contributed by atoms with Gasteiger partial charge >= 0.3 is 39.5 Å². The maximum Gasteiger partial charge on any atom is 0.472 e. The molecule has 0 heterocycles. The molecule has 0 aliphatic carbocycles. The molecule has 0 spiro atoms. The quantitative estimate of drug-likeness (QED) is 0.0222. The van der Waals surface area contributed by atoms with Crippen LogP contribution in [-0.4, -0.2) is 96.7 Å². The van der Waals surface area contributed by atoms with Gasteiger partial charge in [0.05, 0.1) is 26.4 Å². The Morgan fingerprint density at radius 2 is 0.460 bits per heavy atom. The predicted octanol–water partition coefficient (Wildman–Crippen LogP) is 24.3. The summed E-state index contributed by atoms with van der Waals surface area (Å²) in [6.07, 6.45) is 62.4. The number of ether oxygens (including phenoxy) is 4. The van der Waals surface area contributed by atoms with Gasteiger partial charge in [-0.25, -0.2) is 9.13 Å². The van der Waals surface area contributed by atoms with Crippen LogP contribution in [0.4, 0.5) is 0 Å². The Balaban J connectivity index is 5.25. The van der Waals surface area contributed by atoms with Crippen molar-refractivity contribution in [2.75, 3.05) is 39.6 Å². The molecule has 0 bridgehead atoms. The van der Waals surface area contributed by atoms with Gasteiger partial charge < -0.3 is 33.8 Å². The third kappa shape index (κ3) is 74.3. The van der Waals surface area contributed by atoms with Crippen LogP contribution in [0.15, 0.2) is 0 Å². The molecule has 0 amide bonds. The van der Waals surface area contributed by atoms with E-state index in [1.165, 1.54) is 244 Å². The standard InChI is InChI=1S/C81H158O17P2/c1-7-9-11-13-15-17-19-21-23-24-25-26-27-29-35-41-48-54-60-66-81(86)97-76(69-91-78(83)63-57-51-45-39-33-31-30-32-37-43-49-55-61-73(3)4)71-95-99(87,88)93-67-75(82)68-94-100(89,90)96-72-77(70-92-79(84)64-58-52-46-42-36-38-44-50-56-62-74(5)6)98-80(85)65-59-53-47-40-34-28-22-20-18-16-14-12-10-8-2/h73-77,82H,7-72H2,1-6H3,(H,87,88)(H,89,90)/t75-,76-,77-/m1/s1. The molecule has 594 valence electrons. The summed E-state index contributed by atoms with van der Waals surface area (Å²) < 4.78 is 68.7. The smallest absolute Gasteiger partial charge is 0.462 e. The van der Waals surface area contributed by atoms with Gasteiger partial charge in [-0.3, -0.25) is 37.3 Å². The van der Waals surface area contributed by atoms with E-state index in [-0.39, 0.29) is 25.7 Å². The average molecular weight is 1470 g/mol. The highest BCUT2D eigenvalue weighted by Gasteiger charge is 2.30. The molecule has 0 saturated heterocycles. The van der Waals surface area contributed by atoms with Gasteiger partial charge in [0.2, 0.25) is 0 Å². The number of unbranched alkanes of at least 4 members (excludes halogenated alkanes) is 50. The highest BCUT2D eigenvalue weighted by Crippen LogP contribution is 2.45. The predicted molar refractivity (Wildman–Crippen MR) is 409 cm³/mol. The topological polar surface area (TPSA) is 237 Å². The first-order valence-electron chi connectivity index (χ1n) is 42.0. The van der Waals surface area contributed by atoms with Crippen LogP contribution in [0.3, 0.4) is 0 Å². The number of hydrogen-bond donors (Lipinski definition) is 3. The lowest BCUT2D eigenvalue weighted by Gasteiger charge is -2.21. The minimum atomic E-state index is -4.96. The van der Waals surface area contributed by atoms with Crippen molar-refractivity contribution in [2.24, 2.45) is 11.8 Å². The summed E-state index contributed by atoms with van der Waals surface area (Å²) in [4.78, 5) is 73.1. The molecule has 19 heteroatoms. The van der Waals surface area contributed by atoms with Gasteiger partial charge in [-0.2, -0.15) is 0 Å². The molecule has 0 aromatic heterocycles. The van der Waals surface area contributed by atoms with E-state index in [1.54, 1.807) is 0 Å². The summed E-state index contributed by atoms with van der Waals surface area (Å²) in [5, 5.41) is 10.6. The van der Waals surface area contributed by atoms with Gasteiger partial charge in [-0.05, 0) is 37.5 Å². The van der Waals surface area contributed by atoms with E-state index < -0.39 is 97.5 Å². The number of rotatable bonds is 80. The highest BCUT2D eigenvalue weighted by molar-refractivity contribution is 7.47. The second kappa shape index (κ2) is 72.6. The van der Waals surface area contributed by atoms with Crippen LogP contribution in [0.5, 0.6) is 0 Å². The zero-order valence-electron chi connectivity index (χ0n) is 65.5. The van der Waals surface area contributed by atoms with Crippen LogP contribution in [0.2, 0.25) is 0 Å². The maximum absolute atomic E-state index is 13.1. The van der Waals surface area contributed by atoms with Crippen LogP contribution in [0.25, 0.3) is 0 Å². The third-order valence-electron chi connectivity index (χ3n) is 19.0. The van der Waals surface area contributed by atoms with Gasteiger partial charge in [0.15, 0.2) is 12.2 Å². The molecule has 3 N–H and O–H groups in total. The van der Waals surface area contributed by atoms with E-state index in [9.17, 15) is 43.2 Å². The van der Waals surface area contributed by atoms with Crippen molar-refractivity contribution in [3.63, 3.8) is 0 Å². The monoisotopic (exact) mass is 1470 g/mol. The normalized spacial score (nSPS) is 13.9. The van der Waals surface area contributed by atoms with Crippen molar-refractivity contribution in [2.45, 2.75) is 445 Å². The van der Waals surface area contributed by atoms with Crippen molar-refractivity contribution < 1.29 is 80.2 Å². The zero-order chi connectivity index (χ0) is 73.5. The summed E-state index contributed by atoms with van der Waals surface area (Å²) in [7, 11) is -9.92. The summed E-state index contributed by atoms with van der Waals surface area (Å²) in [5.74, 6) is -0.581. The molecule has 0 aromatic rings. The summed E-state index contributed by atoms with van der Waals surface area (Å²) in [6, 6.07) is 0. The van der Waals surface area contributed by atoms with Gasteiger partial charge in [0, 0.05) is 25.7 Å². The Labute approximate surface area is 613 Å². The lowest BCUT2D eigenvalue weighted by Crippen LogP contribution is -2.30. The zero-order valence-corrected chi connectivity index (χ0v) is 67.3. The molecule has 100 heavy (non-hydrogen) atoms. The maximum atomic E-state index is 13.1. The molecular formula is C81H158O17P2. The van der Waals surface area contributed by atoms with Crippen LogP contribution >= 0.6 is 15.6 Å². The molecule has 5 atom stereocenters. The largest absolute Gasteiger partial charge is 0.472 e. The van der Waals surface area contributed by atoms with E-state index in [2.05, 4.69) is 41.5 Å². The number of aliphatic hydroxyl groups is 1. The SMILES string of the molecule is CCCCCCCCCCCCCCCCCCCCCC(=O)O[C@H](COC(=O)CCCCCCCCCCCCCCC(C)C)COP(=O)(O)OC[C@@H](O)COP(=O)(O)OC[C@@H](COC(=O)CCCCCCCCCCCC(C)C)OC(=O)CCCCCCCCCCCCCCCC. The van der Waals surface area contributed by atoms with Crippen molar-refractivity contribution >= 4 is 39.5 Å². The first kappa shape index (κ1) is 98.1. The number of carbonyl (C=O) groups excluding carboxylic acids is 4. The number of phosphoric acid groups is 2. The van der Waals surface area contributed by atoms with Crippen molar-refractivity contribution in [1.82, 2.24) is 0 Å². The number of carbonyl (C=O) groups is 4. The van der Waals surface area contributed by atoms with E-state index in [1.807, 2.05) is 0 Å². The Bertz CT molecular complexity index is 1920. The molecule has 0 fully saturated rings. The Kier molecular flexibility index (Phi) is 71.2. The highest BCUT2D eigenvalue weighted by atomic mass is 31.2. The minimum absolute atomic E-state index is 0.108. The van der Waals surface area contributed by atoms with Gasteiger partial charge in [0.1, 0.15) is 19.3 Å². The first-order chi connectivity index (χ1) is 48.4. The molecule has 0 aliphatic heterocycles. The number of aliphatic hydroxyl groups excluding tert-OH is 1. The van der Waals surface area contributed by atoms with Crippen LogP contribution < -0.4 is 0 Å². The Hall–Kier alpha value is -1.94. The molecule has 0 radical (unpaired) electrons. The number of esters is 4. The summed E-state index contributed by atoms with van der Waals surface area (Å²) in [6.45, 7) is 9.64. The fraction of sp³-hybridized carbons (Fsp3) is 0.951. The molecule has 17 nitrogen and oxygen atoms in total. The van der Waals surface area contributed by atoms with Gasteiger partial charge in [-0.15, -0.1) is 0 Å². The molecule has 0 aromatic carbocycles. The Morgan fingerprint density at radius 3 is 0.680 bits per heavy atom. The van der Waals surface area contributed by atoms with E-state index in [4.69, 9.17) is 37.0 Å². The van der Waals surface area contributed by atoms with Crippen LogP contribution in [0.1, 0.15) is 427 Å². The van der Waals surface area contributed by atoms with E-state index in [0.717, 1.165) is 102 Å². The van der Waals surface area contributed by atoms with Gasteiger partial charge in [0.25, 0.3) is 0 Å². The molecule has 0 aliphatic rings. The summed E-state index contributed by atoms with van der Waals surface area (Å²) in [5.41, 5.74) is 0. The molecule has 0 rings (SSSR count). The van der Waals surface area contributed by atoms with Crippen LogP contribution in [-0.2, 0) is 65.4 Å². The molecular weight excluding hydrogens is 1310 g/mol. The second-order valence-corrected chi connectivity index (χ2v) is 33.0. The van der Waals surface area contributed by atoms with E-state index >= 15 is 0 Å². The molecule has 2 unspecified atom stereocenters. The van der Waals surface area contributed by atoms with Crippen molar-refractivity contribution in [1.29, 1.82) is 0 Å². The third-order valence-corrected chi connectivity index (χ3v) is 20.9. The minimum Gasteiger partial charge on any atom is -0.462 e. The van der Waals surface area contributed by atoms with Crippen molar-refractivity contribution in [3.8, 4) is 0 Å². The molecule has 0 saturated carbocycles. The lowest BCUT2D eigenvalue weighted by molar-refractivity contribution is -0.161.